The minimum absolute atomic E-state index is 0.0738. The highest BCUT2D eigenvalue weighted by Gasteiger charge is 2.32. The van der Waals surface area contributed by atoms with E-state index in [2.05, 4.69) is 10.2 Å². The highest BCUT2D eigenvalue weighted by molar-refractivity contribution is 6.31. The average molecular weight is 469 g/mol. The van der Waals surface area contributed by atoms with Crippen LogP contribution in [0.5, 0.6) is 0 Å². The number of carbonyl (C=O) groups is 1. The van der Waals surface area contributed by atoms with Gasteiger partial charge in [-0.15, -0.1) is 0 Å². The lowest BCUT2D eigenvalue weighted by molar-refractivity contribution is -0.127. The standard InChI is InChI=1S/C27H27ClF2N2O/c1-18-12-19(10-11-25(18)29)22-13-23(27(33)31-14-20-6-3-5-9-26(20)30)17-32(16-22)15-21-7-2-4-8-24(21)28/h2-12,22-23H,13-17H2,1H3,(H,31,33)/t22-,23+/m1/s1. The maximum atomic E-state index is 14.0. The summed E-state index contributed by atoms with van der Waals surface area (Å²) in [6.07, 6.45) is 0.646. The molecule has 3 aromatic rings. The van der Waals surface area contributed by atoms with Gasteiger partial charge >= 0.3 is 0 Å². The molecule has 1 amide bonds. The Morgan fingerprint density at radius 1 is 1.00 bits per heavy atom. The molecule has 0 radical (unpaired) electrons. The molecule has 172 valence electrons. The smallest absolute Gasteiger partial charge is 0.224 e. The fraction of sp³-hybridized carbons (Fsp3) is 0.296. The van der Waals surface area contributed by atoms with Crippen LogP contribution in [0.3, 0.4) is 0 Å². The van der Waals surface area contributed by atoms with Crippen molar-refractivity contribution in [2.75, 3.05) is 13.1 Å². The van der Waals surface area contributed by atoms with E-state index in [1.54, 1.807) is 31.2 Å². The van der Waals surface area contributed by atoms with Gasteiger partial charge in [-0.3, -0.25) is 9.69 Å². The lowest BCUT2D eigenvalue weighted by atomic mass is 9.83. The molecule has 3 aromatic carbocycles. The Bertz CT molecular complexity index is 1140. The van der Waals surface area contributed by atoms with Crippen molar-refractivity contribution in [2.45, 2.75) is 32.4 Å². The predicted molar refractivity (Wildman–Crippen MR) is 127 cm³/mol. The first kappa shape index (κ1) is 23.4. The molecule has 0 aliphatic carbocycles. The van der Waals surface area contributed by atoms with Crippen LogP contribution in [0.15, 0.2) is 66.7 Å². The van der Waals surface area contributed by atoms with Crippen LogP contribution in [-0.2, 0) is 17.9 Å². The maximum absolute atomic E-state index is 14.0. The molecule has 6 heteroatoms. The van der Waals surface area contributed by atoms with Gasteiger partial charge in [0.1, 0.15) is 11.6 Å². The zero-order chi connectivity index (χ0) is 23.4. The molecule has 1 saturated heterocycles. The van der Waals surface area contributed by atoms with Gasteiger partial charge in [0, 0.05) is 36.8 Å². The van der Waals surface area contributed by atoms with E-state index in [1.807, 2.05) is 30.3 Å². The summed E-state index contributed by atoms with van der Waals surface area (Å²) in [6, 6.07) is 19.3. The Morgan fingerprint density at radius 2 is 1.73 bits per heavy atom. The molecule has 4 rings (SSSR count). The second-order valence-electron chi connectivity index (χ2n) is 8.73. The fourth-order valence-corrected chi connectivity index (χ4v) is 4.70. The zero-order valence-corrected chi connectivity index (χ0v) is 19.3. The van der Waals surface area contributed by atoms with Gasteiger partial charge in [0.05, 0.1) is 5.92 Å². The highest BCUT2D eigenvalue weighted by atomic mass is 35.5. The number of aryl methyl sites for hydroxylation is 1. The topological polar surface area (TPSA) is 32.3 Å². The van der Waals surface area contributed by atoms with Crippen molar-refractivity contribution in [3.63, 3.8) is 0 Å². The number of benzene rings is 3. The van der Waals surface area contributed by atoms with E-state index < -0.39 is 0 Å². The summed E-state index contributed by atoms with van der Waals surface area (Å²) in [5, 5.41) is 3.60. The SMILES string of the molecule is Cc1cc([C@@H]2C[C@H](C(=O)NCc3ccccc3F)CN(Cc3ccccc3Cl)C2)ccc1F. The maximum Gasteiger partial charge on any atom is 0.224 e. The van der Waals surface area contributed by atoms with Crippen LogP contribution in [0.1, 0.15) is 34.6 Å². The molecule has 2 atom stereocenters. The third-order valence-corrected chi connectivity index (χ3v) is 6.68. The third kappa shape index (κ3) is 5.79. The van der Waals surface area contributed by atoms with Crippen molar-refractivity contribution in [2.24, 2.45) is 5.92 Å². The van der Waals surface area contributed by atoms with Crippen molar-refractivity contribution in [3.8, 4) is 0 Å². The Hall–Kier alpha value is -2.76. The molecule has 3 nitrogen and oxygen atoms in total. The summed E-state index contributed by atoms with van der Waals surface area (Å²) in [6.45, 7) is 3.83. The summed E-state index contributed by atoms with van der Waals surface area (Å²) in [5.74, 6) is -0.873. The number of hydrogen-bond acceptors (Lipinski definition) is 2. The Kier molecular flexibility index (Phi) is 7.41. The molecular weight excluding hydrogens is 442 g/mol. The lowest BCUT2D eigenvalue weighted by Gasteiger charge is -2.37. The summed E-state index contributed by atoms with van der Waals surface area (Å²) >= 11 is 6.38. The highest BCUT2D eigenvalue weighted by Crippen LogP contribution is 2.33. The molecular formula is C27H27ClF2N2O. The number of amides is 1. The van der Waals surface area contributed by atoms with Gasteiger partial charge in [0.25, 0.3) is 0 Å². The van der Waals surface area contributed by atoms with Crippen molar-refractivity contribution >= 4 is 17.5 Å². The van der Waals surface area contributed by atoms with Crippen LogP contribution < -0.4 is 5.32 Å². The number of hydrogen-bond donors (Lipinski definition) is 1. The monoisotopic (exact) mass is 468 g/mol. The molecule has 1 aliphatic rings. The number of likely N-dealkylation sites (tertiary alicyclic amines) is 1. The molecule has 33 heavy (non-hydrogen) atoms. The Morgan fingerprint density at radius 3 is 2.45 bits per heavy atom. The van der Waals surface area contributed by atoms with Crippen LogP contribution >= 0.6 is 11.6 Å². The molecule has 0 aromatic heterocycles. The summed E-state index contributed by atoms with van der Waals surface area (Å²) in [4.78, 5) is 15.3. The summed E-state index contributed by atoms with van der Waals surface area (Å²) in [7, 11) is 0. The number of nitrogens with zero attached hydrogens (tertiary/aromatic N) is 1. The predicted octanol–water partition coefficient (Wildman–Crippen LogP) is 5.85. The van der Waals surface area contributed by atoms with E-state index in [0.29, 0.717) is 35.7 Å². The van der Waals surface area contributed by atoms with Gasteiger partial charge < -0.3 is 5.32 Å². The minimum atomic E-state index is -0.332. The van der Waals surface area contributed by atoms with Gasteiger partial charge in [0.15, 0.2) is 0 Å². The number of rotatable bonds is 6. The first-order valence-electron chi connectivity index (χ1n) is 11.1. The molecule has 0 bridgehead atoms. The largest absolute Gasteiger partial charge is 0.352 e. The summed E-state index contributed by atoms with van der Waals surface area (Å²) in [5.41, 5.74) is 3.07. The van der Waals surface area contributed by atoms with Gasteiger partial charge in [-0.1, -0.05) is 60.1 Å². The fourth-order valence-electron chi connectivity index (χ4n) is 4.51. The number of carbonyl (C=O) groups excluding carboxylic acids is 1. The molecule has 1 heterocycles. The van der Waals surface area contributed by atoms with Crippen molar-refractivity contribution in [1.29, 1.82) is 0 Å². The van der Waals surface area contributed by atoms with Crippen LogP contribution in [0.4, 0.5) is 8.78 Å². The van der Waals surface area contributed by atoms with Gasteiger partial charge in [-0.25, -0.2) is 8.78 Å². The molecule has 0 spiro atoms. The molecule has 1 N–H and O–H groups in total. The van der Waals surface area contributed by atoms with E-state index in [9.17, 15) is 13.6 Å². The van der Waals surface area contributed by atoms with Crippen LogP contribution in [-0.4, -0.2) is 23.9 Å². The zero-order valence-electron chi connectivity index (χ0n) is 18.5. The van der Waals surface area contributed by atoms with Crippen LogP contribution in [0, 0.1) is 24.5 Å². The van der Waals surface area contributed by atoms with Gasteiger partial charge in [-0.2, -0.15) is 0 Å². The van der Waals surface area contributed by atoms with Gasteiger partial charge in [0.2, 0.25) is 5.91 Å². The van der Waals surface area contributed by atoms with E-state index >= 15 is 0 Å². The minimum Gasteiger partial charge on any atom is -0.352 e. The number of nitrogens with one attached hydrogen (secondary N) is 1. The van der Waals surface area contributed by atoms with Crippen molar-refractivity contribution in [3.05, 3.63) is 106 Å². The average Bonchev–Trinajstić information content (AvgIpc) is 2.81. The summed E-state index contributed by atoms with van der Waals surface area (Å²) < 4.78 is 27.8. The van der Waals surface area contributed by atoms with E-state index in [1.165, 1.54) is 12.1 Å². The van der Waals surface area contributed by atoms with Crippen LogP contribution in [0.25, 0.3) is 0 Å². The molecule has 1 aliphatic heterocycles. The second kappa shape index (κ2) is 10.4. The van der Waals surface area contributed by atoms with Crippen molar-refractivity contribution in [1.82, 2.24) is 10.2 Å². The van der Waals surface area contributed by atoms with Gasteiger partial charge in [-0.05, 0) is 54.2 Å². The first-order valence-corrected chi connectivity index (χ1v) is 11.5. The van der Waals surface area contributed by atoms with E-state index in [0.717, 1.165) is 17.7 Å². The molecule has 1 fully saturated rings. The normalized spacial score (nSPS) is 18.8. The molecule has 0 unspecified atom stereocenters. The Labute approximate surface area is 198 Å². The lowest BCUT2D eigenvalue weighted by Crippen LogP contribution is -2.45. The number of halogens is 3. The van der Waals surface area contributed by atoms with Crippen molar-refractivity contribution < 1.29 is 13.6 Å². The number of piperidine rings is 1. The first-order chi connectivity index (χ1) is 15.9. The molecule has 0 saturated carbocycles. The van der Waals surface area contributed by atoms with Crippen LogP contribution in [0.2, 0.25) is 5.02 Å². The van der Waals surface area contributed by atoms with E-state index in [4.69, 9.17) is 11.6 Å². The quantitative estimate of drug-likeness (QED) is 0.492. The Balaban J connectivity index is 1.53. The van der Waals surface area contributed by atoms with E-state index in [-0.39, 0.29) is 35.9 Å². The third-order valence-electron chi connectivity index (χ3n) is 6.31. The second-order valence-corrected chi connectivity index (χ2v) is 9.14.